The maximum Gasteiger partial charge on any atom is 0.208 e. The first kappa shape index (κ1) is 13.6. The molecule has 7 heteroatoms. The highest BCUT2D eigenvalue weighted by atomic mass is 35.5. The number of nitrogens with one attached hydrogen (secondary N) is 1. The molecule has 1 aromatic heterocycles. The number of halogens is 1. The van der Waals surface area contributed by atoms with Crippen molar-refractivity contribution in [2.75, 3.05) is 18.7 Å². The molecular weight excluding hydrogens is 270 g/mol. The first-order valence-electron chi connectivity index (χ1n) is 4.55. The Bertz CT molecular complexity index is 467. The molecule has 0 saturated heterocycles. The van der Waals surface area contributed by atoms with Gasteiger partial charge in [0.05, 0.1) is 17.0 Å². The highest BCUT2D eigenvalue weighted by molar-refractivity contribution is 7.88. The van der Waals surface area contributed by atoms with Crippen LogP contribution < -0.4 is 4.72 Å². The first-order chi connectivity index (χ1) is 7.42. The zero-order chi connectivity index (χ0) is 12.2. The Balaban J connectivity index is 2.50. The van der Waals surface area contributed by atoms with Crippen molar-refractivity contribution >= 4 is 38.7 Å². The van der Waals surface area contributed by atoms with E-state index in [1.165, 1.54) is 11.3 Å². The van der Waals surface area contributed by atoms with E-state index in [2.05, 4.69) is 4.72 Å². The quantitative estimate of drug-likeness (QED) is 0.631. The van der Waals surface area contributed by atoms with Gasteiger partial charge in [0.25, 0.3) is 0 Å². The summed E-state index contributed by atoms with van der Waals surface area (Å²) in [6, 6.07) is 3.53. The number of carbonyl (C=O) groups excluding carboxylic acids is 1. The summed E-state index contributed by atoms with van der Waals surface area (Å²) in [6.07, 6.45) is 1.69. The molecule has 1 rings (SSSR count). The molecule has 1 aromatic rings. The predicted octanol–water partition coefficient (Wildman–Crippen LogP) is 1.26. The van der Waals surface area contributed by atoms with Crippen molar-refractivity contribution < 1.29 is 13.2 Å². The summed E-state index contributed by atoms with van der Waals surface area (Å²) in [5.41, 5.74) is 0. The van der Waals surface area contributed by atoms with Crippen LogP contribution in [0.2, 0.25) is 0 Å². The van der Waals surface area contributed by atoms with E-state index in [-0.39, 0.29) is 11.7 Å². The summed E-state index contributed by atoms with van der Waals surface area (Å²) in [7, 11) is -3.14. The number of Topliss-reactive ketones (excluding diaryl/α,β-unsaturated/α-hetero) is 1. The molecule has 0 atom stereocenters. The van der Waals surface area contributed by atoms with Gasteiger partial charge in [0.15, 0.2) is 5.78 Å². The molecular formula is C9H12ClNO3S2. The molecule has 90 valence electrons. The van der Waals surface area contributed by atoms with E-state index in [0.29, 0.717) is 17.8 Å². The van der Waals surface area contributed by atoms with E-state index < -0.39 is 10.0 Å². The Labute approximate surface area is 104 Å². The maximum atomic E-state index is 11.2. The highest BCUT2D eigenvalue weighted by Crippen LogP contribution is 2.17. The van der Waals surface area contributed by atoms with Gasteiger partial charge < -0.3 is 0 Å². The fourth-order valence-electron chi connectivity index (χ4n) is 1.09. The van der Waals surface area contributed by atoms with Gasteiger partial charge in [-0.05, 0) is 18.6 Å². The minimum atomic E-state index is -3.14. The molecule has 0 aliphatic rings. The average Bonchev–Trinajstić information content (AvgIpc) is 2.63. The molecule has 0 spiro atoms. The molecule has 1 N–H and O–H groups in total. The Morgan fingerprint density at radius 1 is 1.50 bits per heavy atom. The van der Waals surface area contributed by atoms with Gasteiger partial charge in [-0.1, -0.05) is 0 Å². The lowest BCUT2D eigenvalue weighted by Gasteiger charge is -1.99. The highest BCUT2D eigenvalue weighted by Gasteiger charge is 2.08. The first-order valence-corrected chi connectivity index (χ1v) is 7.79. The van der Waals surface area contributed by atoms with Crippen LogP contribution in [0.3, 0.4) is 0 Å². The zero-order valence-electron chi connectivity index (χ0n) is 8.70. The standard InChI is InChI=1S/C9H12ClNO3S2/c1-16(13,14)11-5-4-7-2-3-9(15-7)8(12)6-10/h2-3,11H,4-6H2,1H3. The molecule has 0 radical (unpaired) electrons. The summed E-state index contributed by atoms with van der Waals surface area (Å²) >= 11 is 6.77. The van der Waals surface area contributed by atoms with Crippen LogP contribution in [-0.2, 0) is 16.4 Å². The zero-order valence-corrected chi connectivity index (χ0v) is 11.1. The molecule has 4 nitrogen and oxygen atoms in total. The molecule has 0 fully saturated rings. The van der Waals surface area contributed by atoms with Crippen LogP contribution in [0.15, 0.2) is 12.1 Å². The largest absolute Gasteiger partial charge is 0.292 e. The molecule has 0 aliphatic heterocycles. The van der Waals surface area contributed by atoms with Crippen LogP contribution in [0.5, 0.6) is 0 Å². The third-order valence-electron chi connectivity index (χ3n) is 1.79. The van der Waals surface area contributed by atoms with Gasteiger partial charge in [-0.25, -0.2) is 13.1 Å². The Hall–Kier alpha value is -0.430. The number of ketones is 1. The van der Waals surface area contributed by atoms with E-state index in [1.807, 2.05) is 6.07 Å². The summed E-state index contributed by atoms with van der Waals surface area (Å²) < 4.78 is 24.0. The SMILES string of the molecule is CS(=O)(=O)NCCc1ccc(C(=O)CCl)s1. The van der Waals surface area contributed by atoms with Crippen molar-refractivity contribution in [2.45, 2.75) is 6.42 Å². The van der Waals surface area contributed by atoms with Crippen LogP contribution in [0.4, 0.5) is 0 Å². The van der Waals surface area contributed by atoms with E-state index in [1.54, 1.807) is 6.07 Å². The normalized spacial score (nSPS) is 11.6. The molecule has 0 amide bonds. The van der Waals surface area contributed by atoms with Crippen LogP contribution in [0.25, 0.3) is 0 Å². The van der Waals surface area contributed by atoms with Gasteiger partial charge in [0.1, 0.15) is 0 Å². The van der Waals surface area contributed by atoms with Crippen LogP contribution >= 0.6 is 22.9 Å². The summed E-state index contributed by atoms with van der Waals surface area (Å²) in [4.78, 5) is 12.8. The van der Waals surface area contributed by atoms with E-state index in [4.69, 9.17) is 11.6 Å². The number of sulfonamides is 1. The molecule has 0 unspecified atom stereocenters. The average molecular weight is 282 g/mol. The Kier molecular flexibility index (Phi) is 4.91. The van der Waals surface area contributed by atoms with Crippen molar-refractivity contribution in [1.82, 2.24) is 4.72 Å². The molecule has 16 heavy (non-hydrogen) atoms. The topological polar surface area (TPSA) is 63.2 Å². The van der Waals surface area contributed by atoms with E-state index in [0.717, 1.165) is 11.1 Å². The monoisotopic (exact) mass is 281 g/mol. The fraction of sp³-hybridized carbons (Fsp3) is 0.444. The number of hydrogen-bond acceptors (Lipinski definition) is 4. The molecule has 0 aromatic carbocycles. The molecule has 0 bridgehead atoms. The molecule has 1 heterocycles. The number of alkyl halides is 1. The van der Waals surface area contributed by atoms with Gasteiger partial charge in [0, 0.05) is 11.4 Å². The lowest BCUT2D eigenvalue weighted by atomic mass is 10.3. The van der Waals surface area contributed by atoms with Crippen LogP contribution in [-0.4, -0.2) is 32.9 Å². The van der Waals surface area contributed by atoms with Crippen molar-refractivity contribution in [3.05, 3.63) is 21.9 Å². The van der Waals surface area contributed by atoms with Gasteiger partial charge in [-0.2, -0.15) is 0 Å². The van der Waals surface area contributed by atoms with Gasteiger partial charge in [0.2, 0.25) is 10.0 Å². The second-order valence-electron chi connectivity index (χ2n) is 3.24. The van der Waals surface area contributed by atoms with Crippen molar-refractivity contribution in [3.8, 4) is 0 Å². The number of carbonyl (C=O) groups is 1. The summed E-state index contributed by atoms with van der Waals surface area (Å²) in [5, 5.41) is 0. The van der Waals surface area contributed by atoms with Gasteiger partial charge >= 0.3 is 0 Å². The number of rotatable bonds is 6. The summed E-state index contributed by atoms with van der Waals surface area (Å²) in [5.74, 6) is -0.129. The minimum Gasteiger partial charge on any atom is -0.292 e. The Morgan fingerprint density at radius 3 is 2.75 bits per heavy atom. The minimum absolute atomic E-state index is 0.0262. The van der Waals surface area contributed by atoms with Crippen LogP contribution in [0, 0.1) is 0 Å². The lowest BCUT2D eigenvalue weighted by Crippen LogP contribution is -2.23. The number of thiophene rings is 1. The molecule has 0 saturated carbocycles. The van der Waals surface area contributed by atoms with Crippen molar-refractivity contribution in [3.63, 3.8) is 0 Å². The second-order valence-corrected chi connectivity index (χ2v) is 6.51. The van der Waals surface area contributed by atoms with Crippen molar-refractivity contribution in [2.24, 2.45) is 0 Å². The Morgan fingerprint density at radius 2 is 2.19 bits per heavy atom. The smallest absolute Gasteiger partial charge is 0.208 e. The third-order valence-corrected chi connectivity index (χ3v) is 3.95. The van der Waals surface area contributed by atoms with Gasteiger partial charge in [-0.15, -0.1) is 22.9 Å². The van der Waals surface area contributed by atoms with E-state index in [9.17, 15) is 13.2 Å². The molecule has 0 aliphatic carbocycles. The van der Waals surface area contributed by atoms with Crippen molar-refractivity contribution in [1.29, 1.82) is 0 Å². The summed E-state index contributed by atoms with van der Waals surface area (Å²) in [6.45, 7) is 0.341. The predicted molar refractivity (Wildman–Crippen MR) is 65.9 cm³/mol. The third kappa shape index (κ3) is 4.61. The van der Waals surface area contributed by atoms with E-state index >= 15 is 0 Å². The van der Waals surface area contributed by atoms with Gasteiger partial charge in [-0.3, -0.25) is 4.79 Å². The fourth-order valence-corrected chi connectivity index (χ4v) is 2.73. The lowest BCUT2D eigenvalue weighted by molar-refractivity contribution is 0.102. The van der Waals surface area contributed by atoms with Crippen LogP contribution in [0.1, 0.15) is 14.5 Å². The number of hydrogen-bond donors (Lipinski definition) is 1. The maximum absolute atomic E-state index is 11.2. The second kappa shape index (κ2) is 5.77.